The molecule has 0 atom stereocenters. The largest absolute Gasteiger partial charge is 0.322 e. The molecule has 1 N–H and O–H groups in total. The predicted octanol–water partition coefficient (Wildman–Crippen LogP) is 3.55. The van der Waals surface area contributed by atoms with E-state index in [2.05, 4.69) is 10.3 Å². The fraction of sp³-hybridized carbons (Fsp3) is 0.278. The van der Waals surface area contributed by atoms with Gasteiger partial charge in [0.15, 0.2) is 0 Å². The van der Waals surface area contributed by atoms with Gasteiger partial charge >= 0.3 is 0 Å². The molecule has 1 aliphatic rings. The van der Waals surface area contributed by atoms with Crippen LogP contribution in [-0.2, 0) is 10.2 Å². The molecule has 2 aromatic rings. The topological polar surface area (TPSA) is 62.3 Å². The van der Waals surface area contributed by atoms with Crippen LogP contribution in [-0.4, -0.2) is 23.8 Å². The Bertz CT molecular complexity index is 861. The predicted molar refractivity (Wildman–Crippen MR) is 94.8 cm³/mol. The Balaban J connectivity index is 1.98. The number of amides is 2. The fourth-order valence-corrected chi connectivity index (χ4v) is 3.32. The van der Waals surface area contributed by atoms with Crippen molar-refractivity contribution in [3.8, 4) is 0 Å². The van der Waals surface area contributed by atoms with E-state index >= 15 is 0 Å². The zero-order chi connectivity index (χ0) is 17.6. The van der Waals surface area contributed by atoms with Crippen LogP contribution in [0.1, 0.15) is 35.3 Å². The van der Waals surface area contributed by atoms with Crippen molar-refractivity contribution >= 4 is 34.8 Å². The van der Waals surface area contributed by atoms with Gasteiger partial charge in [-0.05, 0) is 50.1 Å². The Morgan fingerprint density at radius 3 is 2.67 bits per heavy atom. The molecule has 0 fully saturated rings. The SMILES string of the molecule is Cc1c(NC(=O)c2ccnc(Cl)c2)ccc2c1N(C)C(=O)C2(C)C. The molecule has 3 rings (SSSR count). The number of rotatable bonds is 2. The fourth-order valence-electron chi connectivity index (χ4n) is 3.15. The molecule has 0 spiro atoms. The van der Waals surface area contributed by atoms with Crippen molar-refractivity contribution in [3.05, 3.63) is 52.3 Å². The van der Waals surface area contributed by atoms with Crippen molar-refractivity contribution in [2.45, 2.75) is 26.2 Å². The van der Waals surface area contributed by atoms with E-state index in [0.29, 0.717) is 11.3 Å². The van der Waals surface area contributed by atoms with Crippen molar-refractivity contribution in [1.29, 1.82) is 0 Å². The summed E-state index contributed by atoms with van der Waals surface area (Å²) in [5, 5.41) is 3.15. The molecule has 0 radical (unpaired) electrons. The summed E-state index contributed by atoms with van der Waals surface area (Å²) in [5.41, 5.74) is 3.23. The zero-order valence-electron chi connectivity index (χ0n) is 14.0. The second kappa shape index (κ2) is 5.60. The van der Waals surface area contributed by atoms with Crippen molar-refractivity contribution in [3.63, 3.8) is 0 Å². The number of halogens is 1. The number of nitrogens with one attached hydrogen (secondary N) is 1. The maximum absolute atomic E-state index is 12.4. The van der Waals surface area contributed by atoms with E-state index in [1.54, 1.807) is 18.0 Å². The molecule has 2 amide bonds. The molecule has 6 heteroatoms. The van der Waals surface area contributed by atoms with E-state index < -0.39 is 5.41 Å². The molecule has 0 bridgehead atoms. The number of nitrogens with zero attached hydrogens (tertiary/aromatic N) is 2. The van der Waals surface area contributed by atoms with Gasteiger partial charge in [0.2, 0.25) is 5.91 Å². The van der Waals surface area contributed by atoms with Gasteiger partial charge in [-0.1, -0.05) is 17.7 Å². The Morgan fingerprint density at radius 2 is 2.00 bits per heavy atom. The Labute approximate surface area is 145 Å². The normalized spacial score (nSPS) is 15.4. The summed E-state index contributed by atoms with van der Waals surface area (Å²) in [6.07, 6.45) is 1.49. The van der Waals surface area contributed by atoms with Crippen LogP contribution in [0.4, 0.5) is 11.4 Å². The first kappa shape index (κ1) is 16.5. The number of hydrogen-bond donors (Lipinski definition) is 1. The second-order valence-corrected chi connectivity index (χ2v) is 6.83. The Morgan fingerprint density at radius 1 is 1.29 bits per heavy atom. The number of pyridine rings is 1. The second-order valence-electron chi connectivity index (χ2n) is 6.44. The minimum Gasteiger partial charge on any atom is -0.322 e. The van der Waals surface area contributed by atoms with Gasteiger partial charge in [0.1, 0.15) is 5.15 Å². The van der Waals surface area contributed by atoms with Gasteiger partial charge in [0.05, 0.1) is 11.1 Å². The van der Waals surface area contributed by atoms with Crippen LogP contribution in [0.5, 0.6) is 0 Å². The first-order chi connectivity index (χ1) is 11.2. The van der Waals surface area contributed by atoms with Gasteiger partial charge in [0.25, 0.3) is 5.91 Å². The average Bonchev–Trinajstić information content (AvgIpc) is 2.71. The summed E-state index contributed by atoms with van der Waals surface area (Å²) in [6, 6.07) is 6.85. The van der Waals surface area contributed by atoms with Gasteiger partial charge in [-0.25, -0.2) is 4.98 Å². The first-order valence-corrected chi connectivity index (χ1v) is 7.96. The van der Waals surface area contributed by atoms with Crippen LogP contribution in [0.2, 0.25) is 5.15 Å². The lowest BCUT2D eigenvalue weighted by molar-refractivity contribution is -0.121. The third-order valence-corrected chi connectivity index (χ3v) is 4.72. The van der Waals surface area contributed by atoms with Crippen LogP contribution in [0, 0.1) is 6.92 Å². The smallest absolute Gasteiger partial charge is 0.255 e. The minimum atomic E-state index is -0.560. The Kier molecular flexibility index (Phi) is 3.84. The summed E-state index contributed by atoms with van der Waals surface area (Å²) in [5.74, 6) is -0.224. The molecule has 1 aliphatic heterocycles. The maximum atomic E-state index is 12.4. The summed E-state index contributed by atoms with van der Waals surface area (Å²) in [7, 11) is 1.76. The summed E-state index contributed by atoms with van der Waals surface area (Å²) in [6.45, 7) is 5.72. The number of fused-ring (bicyclic) bond motifs is 1. The number of aromatic nitrogens is 1. The van der Waals surface area contributed by atoms with E-state index in [9.17, 15) is 9.59 Å². The number of carbonyl (C=O) groups excluding carboxylic acids is 2. The van der Waals surface area contributed by atoms with Crippen molar-refractivity contribution in [2.24, 2.45) is 0 Å². The zero-order valence-corrected chi connectivity index (χ0v) is 14.7. The van der Waals surface area contributed by atoms with E-state index in [0.717, 1.165) is 16.8 Å². The van der Waals surface area contributed by atoms with E-state index in [4.69, 9.17) is 11.6 Å². The van der Waals surface area contributed by atoms with Crippen LogP contribution in [0.15, 0.2) is 30.5 Å². The minimum absolute atomic E-state index is 0.0463. The molecular formula is C18H18ClN3O2. The van der Waals surface area contributed by atoms with Gasteiger partial charge in [0, 0.05) is 24.5 Å². The van der Waals surface area contributed by atoms with Crippen molar-refractivity contribution in [2.75, 3.05) is 17.3 Å². The van der Waals surface area contributed by atoms with Crippen LogP contribution >= 0.6 is 11.6 Å². The highest BCUT2D eigenvalue weighted by molar-refractivity contribution is 6.29. The Hall–Kier alpha value is -2.40. The van der Waals surface area contributed by atoms with Gasteiger partial charge in [-0.15, -0.1) is 0 Å². The van der Waals surface area contributed by atoms with Crippen molar-refractivity contribution < 1.29 is 9.59 Å². The van der Waals surface area contributed by atoms with Gasteiger partial charge in [-0.2, -0.15) is 0 Å². The average molecular weight is 344 g/mol. The lowest BCUT2D eigenvalue weighted by Gasteiger charge is -2.17. The van der Waals surface area contributed by atoms with Crippen LogP contribution in [0.25, 0.3) is 0 Å². The quantitative estimate of drug-likeness (QED) is 0.848. The number of likely N-dealkylation sites (N-methyl/N-ethyl adjacent to an activating group) is 1. The van der Waals surface area contributed by atoms with E-state index in [-0.39, 0.29) is 17.0 Å². The third kappa shape index (κ3) is 2.45. The highest BCUT2D eigenvalue weighted by atomic mass is 35.5. The molecule has 0 saturated carbocycles. The summed E-state index contributed by atoms with van der Waals surface area (Å²) < 4.78 is 0. The van der Waals surface area contributed by atoms with E-state index in [1.807, 2.05) is 32.9 Å². The standard InChI is InChI=1S/C18H18ClN3O2/c1-10-13(21-16(23)11-7-8-20-14(19)9-11)6-5-12-15(10)22(4)17(24)18(12,2)3/h5-9H,1-4H3,(H,21,23). The highest BCUT2D eigenvalue weighted by Gasteiger charge is 2.43. The number of carbonyl (C=O) groups is 2. The highest BCUT2D eigenvalue weighted by Crippen LogP contribution is 2.44. The summed E-state index contributed by atoms with van der Waals surface area (Å²) >= 11 is 5.83. The van der Waals surface area contributed by atoms with Crippen molar-refractivity contribution in [1.82, 2.24) is 4.98 Å². The lowest BCUT2D eigenvalue weighted by atomic mass is 9.85. The first-order valence-electron chi connectivity index (χ1n) is 7.58. The molecule has 124 valence electrons. The lowest BCUT2D eigenvalue weighted by Crippen LogP contribution is -2.33. The monoisotopic (exact) mass is 343 g/mol. The molecule has 24 heavy (non-hydrogen) atoms. The molecule has 1 aromatic heterocycles. The molecule has 0 unspecified atom stereocenters. The molecule has 0 saturated heterocycles. The number of anilines is 2. The molecule has 5 nitrogen and oxygen atoms in total. The number of benzene rings is 1. The third-order valence-electron chi connectivity index (χ3n) is 4.52. The molecule has 1 aromatic carbocycles. The number of hydrogen-bond acceptors (Lipinski definition) is 3. The van der Waals surface area contributed by atoms with Crippen LogP contribution in [0.3, 0.4) is 0 Å². The summed E-state index contributed by atoms with van der Waals surface area (Å²) in [4.78, 5) is 30.4. The molecular weight excluding hydrogens is 326 g/mol. The van der Waals surface area contributed by atoms with Gasteiger partial charge in [-0.3, -0.25) is 9.59 Å². The van der Waals surface area contributed by atoms with E-state index in [1.165, 1.54) is 12.3 Å². The molecule has 2 heterocycles. The molecule has 0 aliphatic carbocycles. The maximum Gasteiger partial charge on any atom is 0.255 e. The van der Waals surface area contributed by atoms with Gasteiger partial charge < -0.3 is 10.2 Å². The van der Waals surface area contributed by atoms with Crippen LogP contribution < -0.4 is 10.2 Å².